The van der Waals surface area contributed by atoms with Crippen LogP contribution >= 0.6 is 7.75 Å². The fourth-order valence-electron chi connectivity index (χ4n) is 4.23. The molecule has 0 aliphatic carbocycles. The van der Waals surface area contributed by atoms with Crippen LogP contribution in [0.3, 0.4) is 0 Å². The average molecular weight is 661 g/mol. The number of carbonyl (C=O) groups excluding carboxylic acids is 4. The molecule has 1 amide bonds. The van der Waals surface area contributed by atoms with Crippen molar-refractivity contribution in [2.24, 2.45) is 0 Å². The van der Waals surface area contributed by atoms with Crippen LogP contribution < -0.4 is 14.9 Å². The van der Waals surface area contributed by atoms with Gasteiger partial charge in [0.05, 0.1) is 12.8 Å². The molecule has 0 saturated heterocycles. The van der Waals surface area contributed by atoms with Gasteiger partial charge in [-0.3, -0.25) is 23.7 Å². The summed E-state index contributed by atoms with van der Waals surface area (Å²) >= 11 is 0. The first-order valence-electron chi connectivity index (χ1n) is 13.5. The summed E-state index contributed by atoms with van der Waals surface area (Å²) in [6, 6.07) is 11.5. The molecular formula is C28H33N6O11P. The molecule has 0 bridgehead atoms. The minimum atomic E-state index is -4.53. The average Bonchev–Trinajstić information content (AvgIpc) is 3.44. The molecule has 0 spiro atoms. The summed E-state index contributed by atoms with van der Waals surface area (Å²) in [7, 11) is -2.31. The largest absolute Gasteiger partial charge is 0.468 e. The lowest BCUT2D eigenvalue weighted by atomic mass is 9.92. The lowest BCUT2D eigenvalue weighted by Gasteiger charge is -2.37. The van der Waals surface area contributed by atoms with E-state index in [9.17, 15) is 29.0 Å². The van der Waals surface area contributed by atoms with Gasteiger partial charge in [-0.05, 0) is 31.2 Å². The number of carbonyl (C=O) groups is 4. The Labute approximate surface area is 263 Å². The van der Waals surface area contributed by atoms with Crippen molar-refractivity contribution in [1.29, 1.82) is 5.26 Å². The van der Waals surface area contributed by atoms with E-state index >= 15 is 0 Å². The molecule has 2 N–H and O–H groups in total. The number of amides is 1. The molecule has 5 atom stereocenters. The number of aromatic nitrogens is 3. The Kier molecular flexibility index (Phi) is 11.9. The van der Waals surface area contributed by atoms with Crippen LogP contribution in [0.5, 0.6) is 5.75 Å². The van der Waals surface area contributed by atoms with E-state index in [1.54, 1.807) is 18.2 Å². The number of esters is 3. The van der Waals surface area contributed by atoms with E-state index in [4.69, 9.17) is 28.0 Å². The van der Waals surface area contributed by atoms with E-state index in [-0.39, 0.29) is 22.8 Å². The van der Waals surface area contributed by atoms with Crippen LogP contribution in [-0.4, -0.2) is 77.0 Å². The van der Waals surface area contributed by atoms with Gasteiger partial charge in [0, 0.05) is 27.9 Å². The predicted molar refractivity (Wildman–Crippen MR) is 158 cm³/mol. The van der Waals surface area contributed by atoms with Crippen molar-refractivity contribution in [3.63, 3.8) is 0 Å². The van der Waals surface area contributed by atoms with Gasteiger partial charge in [-0.1, -0.05) is 18.2 Å². The highest BCUT2D eigenvalue weighted by atomic mass is 31.2. The van der Waals surface area contributed by atoms with Crippen LogP contribution in [0.4, 0.5) is 5.82 Å². The third kappa shape index (κ3) is 8.64. The molecule has 2 heterocycles. The Hall–Kier alpha value is -4.88. The molecule has 46 heavy (non-hydrogen) atoms. The van der Waals surface area contributed by atoms with E-state index in [1.165, 1.54) is 42.6 Å². The number of benzene rings is 1. The zero-order chi connectivity index (χ0) is 34.1. The summed E-state index contributed by atoms with van der Waals surface area (Å²) in [6.07, 6.45) is -2.26. The third-order valence-electron chi connectivity index (χ3n) is 6.27. The van der Waals surface area contributed by atoms with Crippen molar-refractivity contribution in [2.75, 3.05) is 26.1 Å². The molecule has 1 unspecified atom stereocenters. The highest BCUT2D eigenvalue weighted by Crippen LogP contribution is 2.47. The summed E-state index contributed by atoms with van der Waals surface area (Å²) in [5.74, 6) is -2.77. The standard InChI is InChI=1S/C28H33N6O11P/c1-17(27(38)40-5)33-46(39,45-21-10-8-7-9-11-21)42-15-28(14-29,41-6)25(44-20(4)37)24(43-19(3)36)22-12-13-23-26(32-18(2)35)30-16-31-34(22)23/h7-13,16-17,24-25H,15H2,1-6H3,(H,33,39)(H,30,31,32,35)/t17-,24-,25-,28+,46?/m0/s1. The first kappa shape index (κ1) is 35.6. The fourth-order valence-corrected chi connectivity index (χ4v) is 5.75. The zero-order valence-corrected chi connectivity index (χ0v) is 26.7. The summed E-state index contributed by atoms with van der Waals surface area (Å²) in [6.45, 7) is 3.84. The molecule has 0 fully saturated rings. The van der Waals surface area contributed by atoms with Gasteiger partial charge in [0.2, 0.25) is 11.5 Å². The molecule has 18 heteroatoms. The Morgan fingerprint density at radius 1 is 1.04 bits per heavy atom. The maximum atomic E-state index is 14.0. The molecule has 246 valence electrons. The highest BCUT2D eigenvalue weighted by Gasteiger charge is 2.52. The minimum absolute atomic E-state index is 0.0725. The number of anilines is 1. The second-order valence-corrected chi connectivity index (χ2v) is 11.4. The van der Waals surface area contributed by atoms with Gasteiger partial charge >= 0.3 is 25.7 Å². The molecule has 0 aliphatic heterocycles. The molecule has 0 saturated carbocycles. The molecule has 0 radical (unpaired) electrons. The minimum Gasteiger partial charge on any atom is -0.468 e. The molecule has 1 aromatic carbocycles. The number of fused-ring (bicyclic) bond motifs is 1. The molecule has 3 rings (SSSR count). The SMILES string of the molecule is COC(=O)[C@H](C)NP(=O)(OC[C@@](C#N)(OC)[C@@H](OC(C)=O)[C@@H](OC(C)=O)c1ccc2c(NC(C)=O)ncnn12)Oc1ccccc1. The lowest BCUT2D eigenvalue weighted by Crippen LogP contribution is -2.53. The van der Waals surface area contributed by atoms with Crippen LogP contribution in [0.15, 0.2) is 48.8 Å². The maximum Gasteiger partial charge on any atom is 0.459 e. The molecular weight excluding hydrogens is 627 g/mol. The first-order valence-corrected chi connectivity index (χ1v) is 15.1. The number of nitrogens with zero attached hydrogens (tertiary/aromatic N) is 4. The van der Waals surface area contributed by atoms with Gasteiger partial charge in [-0.2, -0.15) is 15.4 Å². The Morgan fingerprint density at radius 3 is 2.28 bits per heavy atom. The normalized spacial score (nSPS) is 15.6. The van der Waals surface area contributed by atoms with Crippen LogP contribution in [0.1, 0.15) is 39.5 Å². The molecule has 17 nitrogen and oxygen atoms in total. The third-order valence-corrected chi connectivity index (χ3v) is 7.89. The summed E-state index contributed by atoms with van der Waals surface area (Å²) in [5, 5.41) is 19.7. The van der Waals surface area contributed by atoms with Crippen molar-refractivity contribution in [1.82, 2.24) is 19.7 Å². The molecule has 2 aromatic heterocycles. The number of hydrogen-bond donors (Lipinski definition) is 2. The van der Waals surface area contributed by atoms with Gasteiger partial charge in [-0.15, -0.1) is 0 Å². The zero-order valence-electron chi connectivity index (χ0n) is 25.8. The van der Waals surface area contributed by atoms with E-state index < -0.39 is 62.0 Å². The summed E-state index contributed by atoms with van der Waals surface area (Å²) < 4.78 is 48.0. The molecule has 0 aliphatic rings. The van der Waals surface area contributed by atoms with Crippen molar-refractivity contribution in [3.05, 3.63) is 54.5 Å². The summed E-state index contributed by atoms with van der Waals surface area (Å²) in [5.41, 5.74) is -2.00. The van der Waals surface area contributed by atoms with Crippen molar-refractivity contribution in [2.45, 2.75) is 51.5 Å². The number of para-hydroxylation sites is 1. The van der Waals surface area contributed by atoms with E-state index in [1.807, 2.05) is 6.07 Å². The smallest absolute Gasteiger partial charge is 0.459 e. The quantitative estimate of drug-likeness (QED) is 0.136. The van der Waals surface area contributed by atoms with Crippen LogP contribution in [0.25, 0.3) is 5.52 Å². The Balaban J connectivity index is 2.13. The second kappa shape index (κ2) is 15.4. The van der Waals surface area contributed by atoms with E-state index in [2.05, 4.69) is 20.5 Å². The topological polar surface area (TPSA) is 219 Å². The number of methoxy groups -OCH3 is 2. The van der Waals surface area contributed by atoms with Crippen molar-refractivity contribution in [3.8, 4) is 11.8 Å². The van der Waals surface area contributed by atoms with Crippen molar-refractivity contribution >= 4 is 42.9 Å². The predicted octanol–water partition coefficient (Wildman–Crippen LogP) is 2.49. The van der Waals surface area contributed by atoms with Gasteiger partial charge < -0.3 is 28.8 Å². The van der Waals surface area contributed by atoms with Gasteiger partial charge in [0.15, 0.2) is 18.0 Å². The monoisotopic (exact) mass is 660 g/mol. The number of rotatable bonds is 15. The van der Waals surface area contributed by atoms with E-state index in [0.717, 1.165) is 34.4 Å². The Bertz CT molecular complexity index is 1660. The Morgan fingerprint density at radius 2 is 1.72 bits per heavy atom. The van der Waals surface area contributed by atoms with Crippen LogP contribution in [0.2, 0.25) is 0 Å². The lowest BCUT2D eigenvalue weighted by molar-refractivity contribution is -0.191. The van der Waals surface area contributed by atoms with Crippen LogP contribution in [0, 0.1) is 11.3 Å². The van der Waals surface area contributed by atoms with E-state index in [0.29, 0.717) is 0 Å². The number of hydrogen-bond acceptors (Lipinski definition) is 14. The first-order chi connectivity index (χ1) is 21.8. The van der Waals surface area contributed by atoms with Crippen LogP contribution in [-0.2, 0) is 47.2 Å². The second-order valence-electron chi connectivity index (χ2n) is 9.66. The number of nitrogens with one attached hydrogen (secondary N) is 2. The summed E-state index contributed by atoms with van der Waals surface area (Å²) in [4.78, 5) is 52.8. The number of nitriles is 1. The highest BCUT2D eigenvalue weighted by molar-refractivity contribution is 7.52. The van der Waals surface area contributed by atoms with Gasteiger partial charge in [0.1, 0.15) is 36.3 Å². The number of ether oxygens (including phenoxy) is 4. The van der Waals surface area contributed by atoms with Gasteiger partial charge in [-0.25, -0.2) is 14.1 Å². The molecule has 3 aromatic rings. The van der Waals surface area contributed by atoms with Crippen molar-refractivity contribution < 1.29 is 51.7 Å². The van der Waals surface area contributed by atoms with Gasteiger partial charge in [0.25, 0.3) is 0 Å². The fraction of sp³-hybridized carbons (Fsp3) is 0.393. The maximum absolute atomic E-state index is 14.0.